The Hall–Kier alpha value is -3.69. The second-order valence-electron chi connectivity index (χ2n) is 7.41. The van der Waals surface area contributed by atoms with E-state index in [1.54, 1.807) is 43.5 Å². The maximum atomic E-state index is 13.3. The third kappa shape index (κ3) is 4.66. The van der Waals surface area contributed by atoms with Gasteiger partial charge < -0.3 is 4.74 Å². The average molecular weight is 494 g/mol. The minimum absolute atomic E-state index is 0.0455. The molecule has 4 aromatic rings. The molecule has 7 nitrogen and oxygen atoms in total. The van der Waals surface area contributed by atoms with E-state index in [-0.39, 0.29) is 10.5 Å². The predicted octanol–water partition coefficient (Wildman–Crippen LogP) is 5.20. The van der Waals surface area contributed by atoms with Gasteiger partial charge in [-0.25, -0.2) is 13.4 Å². The number of carbonyl (C=O) groups excluding carboxylic acids is 1. The first-order valence-corrected chi connectivity index (χ1v) is 12.6. The number of nitrogens with one attached hydrogen (secondary N) is 1. The van der Waals surface area contributed by atoms with Crippen molar-refractivity contribution >= 4 is 38.1 Å². The van der Waals surface area contributed by atoms with E-state index < -0.39 is 15.9 Å². The van der Waals surface area contributed by atoms with Crippen molar-refractivity contribution in [1.29, 1.82) is 0 Å². The van der Waals surface area contributed by atoms with Gasteiger partial charge in [0.25, 0.3) is 15.9 Å². The van der Waals surface area contributed by atoms with E-state index in [0.29, 0.717) is 10.8 Å². The van der Waals surface area contributed by atoms with Crippen LogP contribution in [0, 0.1) is 6.92 Å². The quantitative estimate of drug-likeness (QED) is 0.382. The summed E-state index contributed by atoms with van der Waals surface area (Å²) in [6.07, 6.45) is 0. The van der Waals surface area contributed by atoms with Gasteiger partial charge in [0.1, 0.15) is 10.6 Å². The van der Waals surface area contributed by atoms with E-state index in [4.69, 9.17) is 4.74 Å². The molecule has 1 amide bonds. The Balaban J connectivity index is 1.62. The van der Waals surface area contributed by atoms with Gasteiger partial charge in [-0.3, -0.25) is 14.4 Å². The van der Waals surface area contributed by atoms with E-state index in [9.17, 15) is 13.2 Å². The number of anilines is 2. The second kappa shape index (κ2) is 9.66. The largest absolute Gasteiger partial charge is 0.497 e. The number of hydrogen-bond acceptors (Lipinski definition) is 6. The monoisotopic (exact) mass is 493 g/mol. The zero-order valence-electron chi connectivity index (χ0n) is 18.8. The van der Waals surface area contributed by atoms with E-state index in [1.165, 1.54) is 30.5 Å². The summed E-state index contributed by atoms with van der Waals surface area (Å²) >= 11 is 1.32. The molecule has 0 unspecified atom stereocenters. The van der Waals surface area contributed by atoms with Crippen LogP contribution in [0.25, 0.3) is 11.3 Å². The number of thiazole rings is 1. The van der Waals surface area contributed by atoms with Crippen LogP contribution in [-0.2, 0) is 10.0 Å². The molecule has 34 heavy (non-hydrogen) atoms. The van der Waals surface area contributed by atoms with Crippen LogP contribution >= 0.6 is 11.3 Å². The lowest BCUT2D eigenvalue weighted by Crippen LogP contribution is -2.28. The SMILES string of the molecule is COc1ccc(-c2nc(NC(=O)c3ccccc3S(=O)(=O)N(C)c3ccccc3)sc2C)cc1. The van der Waals surface area contributed by atoms with Crippen molar-refractivity contribution < 1.29 is 17.9 Å². The zero-order valence-corrected chi connectivity index (χ0v) is 20.5. The van der Waals surface area contributed by atoms with Crippen molar-refractivity contribution in [2.24, 2.45) is 0 Å². The Kier molecular flexibility index (Phi) is 6.67. The summed E-state index contributed by atoms with van der Waals surface area (Å²) in [5.41, 5.74) is 2.18. The molecule has 0 aliphatic rings. The molecule has 1 N–H and O–H groups in total. The van der Waals surface area contributed by atoms with E-state index in [0.717, 1.165) is 26.2 Å². The van der Waals surface area contributed by atoms with Gasteiger partial charge in [0.15, 0.2) is 5.13 Å². The van der Waals surface area contributed by atoms with Crippen LogP contribution in [0.1, 0.15) is 15.2 Å². The summed E-state index contributed by atoms with van der Waals surface area (Å²) in [7, 11) is -0.902. The molecule has 0 saturated carbocycles. The van der Waals surface area contributed by atoms with Crippen molar-refractivity contribution in [3.63, 3.8) is 0 Å². The fourth-order valence-corrected chi connectivity index (χ4v) is 5.65. The van der Waals surface area contributed by atoms with Crippen LogP contribution in [-0.4, -0.2) is 33.5 Å². The van der Waals surface area contributed by atoms with Crippen molar-refractivity contribution in [1.82, 2.24) is 4.98 Å². The number of para-hydroxylation sites is 1. The highest BCUT2D eigenvalue weighted by Crippen LogP contribution is 2.32. The average Bonchev–Trinajstić information content (AvgIpc) is 3.23. The van der Waals surface area contributed by atoms with Crippen LogP contribution in [0.2, 0.25) is 0 Å². The zero-order chi connectivity index (χ0) is 24.3. The fraction of sp³-hybridized carbons (Fsp3) is 0.120. The van der Waals surface area contributed by atoms with Gasteiger partial charge in [0.05, 0.1) is 24.1 Å². The molecule has 0 saturated heterocycles. The number of rotatable bonds is 7. The van der Waals surface area contributed by atoms with Crippen LogP contribution in [0.4, 0.5) is 10.8 Å². The highest BCUT2D eigenvalue weighted by atomic mass is 32.2. The smallest absolute Gasteiger partial charge is 0.264 e. The van der Waals surface area contributed by atoms with Gasteiger partial charge in [0, 0.05) is 17.5 Å². The highest BCUT2D eigenvalue weighted by molar-refractivity contribution is 7.92. The molecule has 0 radical (unpaired) electrons. The topological polar surface area (TPSA) is 88.6 Å². The second-order valence-corrected chi connectivity index (χ2v) is 10.6. The third-order valence-corrected chi connectivity index (χ3v) is 8.00. The van der Waals surface area contributed by atoms with Gasteiger partial charge in [0.2, 0.25) is 0 Å². The predicted molar refractivity (Wildman–Crippen MR) is 135 cm³/mol. The number of benzene rings is 3. The minimum atomic E-state index is -3.97. The van der Waals surface area contributed by atoms with Crippen molar-refractivity contribution in [3.8, 4) is 17.0 Å². The Morgan fingerprint density at radius 3 is 2.29 bits per heavy atom. The fourth-order valence-electron chi connectivity index (χ4n) is 3.43. The molecular weight excluding hydrogens is 470 g/mol. The number of aromatic nitrogens is 1. The number of hydrogen-bond donors (Lipinski definition) is 1. The van der Waals surface area contributed by atoms with Gasteiger partial charge in [-0.2, -0.15) is 0 Å². The summed E-state index contributed by atoms with van der Waals surface area (Å²) in [6.45, 7) is 1.92. The van der Waals surface area contributed by atoms with E-state index in [1.807, 2.05) is 37.3 Å². The first-order chi connectivity index (χ1) is 16.3. The van der Waals surface area contributed by atoms with Crippen molar-refractivity contribution in [2.75, 3.05) is 23.8 Å². The van der Waals surface area contributed by atoms with Gasteiger partial charge in [-0.1, -0.05) is 30.3 Å². The molecule has 9 heteroatoms. The lowest BCUT2D eigenvalue weighted by molar-refractivity contribution is 0.102. The molecule has 0 fully saturated rings. The van der Waals surface area contributed by atoms with Crippen molar-refractivity contribution in [3.05, 3.63) is 89.3 Å². The lowest BCUT2D eigenvalue weighted by Gasteiger charge is -2.21. The Bertz CT molecular complexity index is 1420. The van der Waals surface area contributed by atoms with E-state index >= 15 is 0 Å². The van der Waals surface area contributed by atoms with Crippen molar-refractivity contribution in [2.45, 2.75) is 11.8 Å². The Morgan fingerprint density at radius 2 is 1.62 bits per heavy atom. The Morgan fingerprint density at radius 1 is 0.971 bits per heavy atom. The molecule has 3 aromatic carbocycles. The van der Waals surface area contributed by atoms with Gasteiger partial charge >= 0.3 is 0 Å². The molecule has 1 heterocycles. The molecule has 0 bridgehead atoms. The Labute approximate surface area is 202 Å². The summed E-state index contributed by atoms with van der Waals surface area (Å²) < 4.78 is 33.0. The maximum absolute atomic E-state index is 13.3. The standard InChI is InChI=1S/C25H23N3O4S2/c1-17-23(18-13-15-20(32-3)16-14-18)26-25(33-17)27-24(29)21-11-7-8-12-22(21)34(30,31)28(2)19-9-5-4-6-10-19/h4-16H,1-3H3,(H,26,27,29). The first kappa shape index (κ1) is 23.5. The lowest BCUT2D eigenvalue weighted by atomic mass is 10.1. The van der Waals surface area contributed by atoms with Crippen LogP contribution < -0.4 is 14.4 Å². The summed E-state index contributed by atoms with van der Waals surface area (Å²) in [4.78, 5) is 18.5. The maximum Gasteiger partial charge on any atom is 0.264 e. The van der Waals surface area contributed by atoms with Crippen LogP contribution in [0.3, 0.4) is 0 Å². The molecule has 0 aliphatic carbocycles. The van der Waals surface area contributed by atoms with E-state index in [2.05, 4.69) is 10.3 Å². The normalized spacial score (nSPS) is 11.1. The molecule has 0 spiro atoms. The third-order valence-electron chi connectivity index (χ3n) is 5.27. The molecule has 0 atom stereocenters. The molecule has 174 valence electrons. The first-order valence-electron chi connectivity index (χ1n) is 10.4. The summed E-state index contributed by atoms with van der Waals surface area (Å²) in [5.74, 6) is 0.194. The van der Waals surface area contributed by atoms with Crippen LogP contribution in [0.5, 0.6) is 5.75 Å². The molecule has 1 aromatic heterocycles. The minimum Gasteiger partial charge on any atom is -0.497 e. The van der Waals surface area contributed by atoms with Gasteiger partial charge in [-0.05, 0) is 55.5 Å². The number of methoxy groups -OCH3 is 1. The number of aryl methyl sites for hydroxylation is 1. The highest BCUT2D eigenvalue weighted by Gasteiger charge is 2.27. The summed E-state index contributed by atoms with van der Waals surface area (Å²) in [6, 6.07) is 22.3. The number of amides is 1. The number of carbonyl (C=O) groups is 1. The molecule has 0 aliphatic heterocycles. The molecular formula is C25H23N3O4S2. The summed E-state index contributed by atoms with van der Waals surface area (Å²) in [5, 5.41) is 3.15. The van der Waals surface area contributed by atoms with Crippen LogP contribution in [0.15, 0.2) is 83.8 Å². The van der Waals surface area contributed by atoms with Gasteiger partial charge in [-0.15, -0.1) is 11.3 Å². The number of ether oxygens (including phenoxy) is 1. The molecule has 4 rings (SSSR count). The number of nitrogens with zero attached hydrogens (tertiary/aromatic N) is 2. The number of sulfonamides is 1.